The topological polar surface area (TPSA) is 43.1 Å². The molecule has 0 aliphatic rings. The van der Waals surface area contributed by atoms with Crippen LogP contribution < -0.4 is 5.73 Å². The molecule has 0 aromatic heterocycles. The standard InChI is InChI=1S/C15H9F6NO/c16-14(17,18)9-3-1-8(2-4-9)13(23)11-7-10(15(19,20)21)5-6-12(11)22/h1-7H,22H2. The van der Waals surface area contributed by atoms with Gasteiger partial charge >= 0.3 is 12.4 Å². The molecule has 2 aromatic carbocycles. The first-order valence-electron chi connectivity index (χ1n) is 6.19. The third-order valence-electron chi connectivity index (χ3n) is 3.10. The molecule has 2 rings (SSSR count). The lowest BCUT2D eigenvalue weighted by Crippen LogP contribution is -2.11. The molecule has 0 saturated carbocycles. The van der Waals surface area contributed by atoms with E-state index in [1.807, 2.05) is 0 Å². The van der Waals surface area contributed by atoms with Crippen molar-refractivity contribution in [1.82, 2.24) is 0 Å². The number of anilines is 1. The fourth-order valence-corrected chi connectivity index (χ4v) is 1.90. The predicted octanol–water partition coefficient (Wildman–Crippen LogP) is 4.54. The van der Waals surface area contributed by atoms with Crippen LogP contribution in [-0.2, 0) is 12.4 Å². The molecule has 2 N–H and O–H groups in total. The normalized spacial score (nSPS) is 12.3. The molecule has 0 aliphatic heterocycles. The summed E-state index contributed by atoms with van der Waals surface area (Å²) in [6.45, 7) is 0. The van der Waals surface area contributed by atoms with Gasteiger partial charge in [0, 0.05) is 16.8 Å². The van der Waals surface area contributed by atoms with Gasteiger partial charge in [0.1, 0.15) is 0 Å². The monoisotopic (exact) mass is 333 g/mol. The van der Waals surface area contributed by atoms with E-state index in [0.717, 1.165) is 24.3 Å². The highest BCUT2D eigenvalue weighted by Gasteiger charge is 2.32. The van der Waals surface area contributed by atoms with Gasteiger partial charge in [-0.2, -0.15) is 26.3 Å². The molecular formula is C15H9F6NO. The van der Waals surface area contributed by atoms with E-state index < -0.39 is 34.8 Å². The van der Waals surface area contributed by atoms with Crippen LogP contribution >= 0.6 is 0 Å². The Hall–Kier alpha value is -2.51. The van der Waals surface area contributed by atoms with Crippen LogP contribution in [0.25, 0.3) is 0 Å². The van der Waals surface area contributed by atoms with Crippen LogP contribution in [0.2, 0.25) is 0 Å². The fraction of sp³-hybridized carbons (Fsp3) is 0.133. The van der Waals surface area contributed by atoms with Gasteiger partial charge < -0.3 is 5.73 Å². The zero-order valence-corrected chi connectivity index (χ0v) is 11.3. The lowest BCUT2D eigenvalue weighted by molar-refractivity contribution is -0.138. The summed E-state index contributed by atoms with van der Waals surface area (Å²) in [5.74, 6) is -0.887. The van der Waals surface area contributed by atoms with E-state index in [9.17, 15) is 31.1 Å². The highest BCUT2D eigenvalue weighted by Crippen LogP contribution is 2.33. The number of ketones is 1. The molecule has 0 atom stereocenters. The van der Waals surface area contributed by atoms with Crippen LogP contribution in [0.1, 0.15) is 27.0 Å². The zero-order valence-electron chi connectivity index (χ0n) is 11.3. The van der Waals surface area contributed by atoms with Crippen molar-refractivity contribution < 1.29 is 31.1 Å². The van der Waals surface area contributed by atoms with Crippen LogP contribution in [0.3, 0.4) is 0 Å². The van der Waals surface area contributed by atoms with Gasteiger partial charge in [-0.05, 0) is 30.3 Å². The number of rotatable bonds is 2. The number of halogens is 6. The molecule has 8 heteroatoms. The smallest absolute Gasteiger partial charge is 0.398 e. The number of carbonyl (C=O) groups excluding carboxylic acids is 1. The molecule has 0 unspecified atom stereocenters. The second-order valence-electron chi connectivity index (χ2n) is 4.70. The molecule has 23 heavy (non-hydrogen) atoms. The summed E-state index contributed by atoms with van der Waals surface area (Å²) in [5.41, 5.74) is 2.67. The van der Waals surface area contributed by atoms with Gasteiger partial charge in [-0.1, -0.05) is 12.1 Å². The largest absolute Gasteiger partial charge is 0.416 e. The molecule has 0 saturated heterocycles. The molecule has 0 fully saturated rings. The summed E-state index contributed by atoms with van der Waals surface area (Å²) in [4.78, 5) is 12.2. The van der Waals surface area contributed by atoms with E-state index in [1.165, 1.54) is 0 Å². The van der Waals surface area contributed by atoms with Gasteiger partial charge in [0.05, 0.1) is 11.1 Å². The maximum Gasteiger partial charge on any atom is 0.416 e. The molecule has 0 spiro atoms. The minimum absolute atomic E-state index is 0.191. The molecule has 0 radical (unpaired) electrons. The van der Waals surface area contributed by atoms with E-state index in [2.05, 4.69) is 0 Å². The third kappa shape index (κ3) is 3.64. The molecule has 0 heterocycles. The Kier molecular flexibility index (Phi) is 4.10. The van der Waals surface area contributed by atoms with E-state index >= 15 is 0 Å². The highest BCUT2D eigenvalue weighted by molar-refractivity contribution is 6.12. The van der Waals surface area contributed by atoms with Gasteiger partial charge in [0.15, 0.2) is 5.78 Å². The van der Waals surface area contributed by atoms with Gasteiger partial charge in [0.25, 0.3) is 0 Å². The summed E-state index contributed by atoms with van der Waals surface area (Å²) in [7, 11) is 0. The number of nitrogen functional groups attached to an aromatic ring is 1. The van der Waals surface area contributed by atoms with E-state index in [-0.39, 0.29) is 11.3 Å². The second kappa shape index (κ2) is 5.60. The first kappa shape index (κ1) is 16.9. The van der Waals surface area contributed by atoms with Crippen molar-refractivity contribution in [3.8, 4) is 0 Å². The average Bonchev–Trinajstić information content (AvgIpc) is 2.45. The molecule has 0 aliphatic carbocycles. The Morgan fingerprint density at radius 2 is 1.26 bits per heavy atom. The summed E-state index contributed by atoms with van der Waals surface area (Å²) in [6.07, 6.45) is -9.24. The number of hydrogen-bond donors (Lipinski definition) is 1. The minimum Gasteiger partial charge on any atom is -0.398 e. The summed E-state index contributed by atoms with van der Waals surface area (Å²) < 4.78 is 75.4. The first-order valence-corrected chi connectivity index (χ1v) is 6.19. The quantitative estimate of drug-likeness (QED) is 0.498. The maximum absolute atomic E-state index is 12.7. The lowest BCUT2D eigenvalue weighted by atomic mass is 9.98. The fourth-order valence-electron chi connectivity index (χ4n) is 1.90. The number of hydrogen-bond acceptors (Lipinski definition) is 2. The van der Waals surface area contributed by atoms with Crippen molar-refractivity contribution in [2.45, 2.75) is 12.4 Å². The van der Waals surface area contributed by atoms with Crippen molar-refractivity contribution in [1.29, 1.82) is 0 Å². The van der Waals surface area contributed by atoms with Crippen LogP contribution in [0.15, 0.2) is 42.5 Å². The lowest BCUT2D eigenvalue weighted by Gasteiger charge is -2.11. The van der Waals surface area contributed by atoms with E-state index in [0.29, 0.717) is 18.2 Å². The van der Waals surface area contributed by atoms with Gasteiger partial charge in [-0.3, -0.25) is 4.79 Å². The Labute approximate surface area is 126 Å². The van der Waals surface area contributed by atoms with E-state index in [1.54, 1.807) is 0 Å². The van der Waals surface area contributed by atoms with E-state index in [4.69, 9.17) is 5.73 Å². The Bertz CT molecular complexity index is 731. The Morgan fingerprint density at radius 1 is 0.783 bits per heavy atom. The van der Waals surface area contributed by atoms with Crippen LogP contribution in [0.4, 0.5) is 32.0 Å². The molecule has 0 bridgehead atoms. The number of nitrogens with two attached hydrogens (primary N) is 1. The third-order valence-corrected chi connectivity index (χ3v) is 3.10. The molecule has 2 aromatic rings. The highest BCUT2D eigenvalue weighted by atomic mass is 19.4. The zero-order chi connectivity index (χ0) is 17.4. The van der Waals surface area contributed by atoms with Crippen LogP contribution in [0.5, 0.6) is 0 Å². The number of alkyl halides is 6. The summed E-state index contributed by atoms with van der Waals surface area (Å²) in [5, 5.41) is 0. The van der Waals surface area contributed by atoms with Crippen molar-refractivity contribution in [3.05, 3.63) is 64.7 Å². The van der Waals surface area contributed by atoms with Crippen molar-refractivity contribution >= 4 is 11.5 Å². The summed E-state index contributed by atoms with van der Waals surface area (Å²) in [6, 6.07) is 5.37. The van der Waals surface area contributed by atoms with Crippen molar-refractivity contribution in [2.24, 2.45) is 0 Å². The Balaban J connectivity index is 2.41. The molecular weight excluding hydrogens is 324 g/mol. The summed E-state index contributed by atoms with van der Waals surface area (Å²) >= 11 is 0. The molecule has 0 amide bonds. The minimum atomic E-state index is -4.66. The average molecular weight is 333 g/mol. The Morgan fingerprint density at radius 3 is 1.74 bits per heavy atom. The van der Waals surface area contributed by atoms with Crippen LogP contribution in [-0.4, -0.2) is 5.78 Å². The number of carbonyl (C=O) groups is 1. The maximum atomic E-state index is 12.7. The van der Waals surface area contributed by atoms with Gasteiger partial charge in [-0.25, -0.2) is 0 Å². The van der Waals surface area contributed by atoms with Gasteiger partial charge in [-0.15, -0.1) is 0 Å². The first-order chi connectivity index (χ1) is 10.5. The van der Waals surface area contributed by atoms with Crippen molar-refractivity contribution in [3.63, 3.8) is 0 Å². The number of benzene rings is 2. The van der Waals surface area contributed by atoms with Crippen LogP contribution in [0, 0.1) is 0 Å². The predicted molar refractivity (Wildman–Crippen MR) is 70.7 cm³/mol. The second-order valence-corrected chi connectivity index (χ2v) is 4.70. The van der Waals surface area contributed by atoms with Crippen molar-refractivity contribution in [2.75, 3.05) is 5.73 Å². The van der Waals surface area contributed by atoms with Gasteiger partial charge in [0.2, 0.25) is 0 Å². The SMILES string of the molecule is Nc1ccc(C(F)(F)F)cc1C(=O)c1ccc(C(F)(F)F)cc1. The molecule has 2 nitrogen and oxygen atoms in total. The molecule has 122 valence electrons.